The quantitative estimate of drug-likeness (QED) is 0.749. The predicted octanol–water partition coefficient (Wildman–Crippen LogP) is 4.73. The number of nitrogens with zero attached hydrogens (tertiary/aromatic N) is 1. The maximum atomic E-state index is 13.0. The molecule has 0 N–H and O–H groups in total. The maximum Gasteiger partial charge on any atom is 0.185 e. The molecule has 5 heteroatoms. The molecule has 1 atom stereocenters. The molecule has 0 spiro atoms. The third kappa shape index (κ3) is 3.06. The summed E-state index contributed by atoms with van der Waals surface area (Å²) in [7, 11) is 0. The van der Waals surface area contributed by atoms with Gasteiger partial charge in [0.2, 0.25) is 0 Å². The van der Waals surface area contributed by atoms with E-state index < -0.39 is 17.5 Å². The molecule has 2 nitrogen and oxygen atoms in total. The lowest BCUT2D eigenvalue weighted by atomic mass is 9.92. The van der Waals surface area contributed by atoms with Crippen LogP contribution in [0.5, 0.6) is 0 Å². The van der Waals surface area contributed by atoms with E-state index >= 15 is 0 Å². The predicted molar refractivity (Wildman–Crippen MR) is 78.2 cm³/mol. The van der Waals surface area contributed by atoms with Crippen molar-refractivity contribution in [2.24, 2.45) is 0 Å². The summed E-state index contributed by atoms with van der Waals surface area (Å²) in [4.78, 5) is 12.4. The van der Waals surface area contributed by atoms with Crippen molar-refractivity contribution in [2.45, 2.75) is 5.92 Å². The Balaban J connectivity index is 2.39. The summed E-state index contributed by atoms with van der Waals surface area (Å²) in [6.07, 6.45) is 0. The molecule has 0 amide bonds. The van der Waals surface area contributed by atoms with E-state index in [4.69, 9.17) is 11.6 Å². The van der Waals surface area contributed by atoms with Crippen molar-refractivity contribution in [3.63, 3.8) is 0 Å². The van der Waals surface area contributed by atoms with Gasteiger partial charge in [0, 0.05) is 10.0 Å². The van der Waals surface area contributed by atoms with Crippen LogP contribution in [0.15, 0.2) is 46.9 Å². The van der Waals surface area contributed by atoms with Crippen LogP contribution in [0.1, 0.15) is 21.8 Å². The largest absolute Gasteiger partial charge is 0.292 e. The minimum absolute atomic E-state index is 0.00682. The van der Waals surface area contributed by atoms with Crippen LogP contribution >= 0.6 is 27.5 Å². The molecule has 0 aliphatic carbocycles. The van der Waals surface area contributed by atoms with Gasteiger partial charge in [-0.2, -0.15) is 5.26 Å². The summed E-state index contributed by atoms with van der Waals surface area (Å²) in [6.45, 7) is 0. The number of carbonyl (C=O) groups excluding carboxylic acids is 1. The van der Waals surface area contributed by atoms with Crippen LogP contribution in [0, 0.1) is 17.1 Å². The van der Waals surface area contributed by atoms with Crippen molar-refractivity contribution < 1.29 is 9.18 Å². The van der Waals surface area contributed by atoms with Crippen LogP contribution in [0.2, 0.25) is 5.02 Å². The van der Waals surface area contributed by atoms with Gasteiger partial charge in [-0.15, -0.1) is 0 Å². The van der Waals surface area contributed by atoms with Gasteiger partial charge in [0.25, 0.3) is 0 Å². The first-order chi connectivity index (χ1) is 9.52. The molecule has 0 aromatic heterocycles. The Morgan fingerprint density at radius 1 is 1.25 bits per heavy atom. The highest BCUT2D eigenvalue weighted by Crippen LogP contribution is 2.26. The van der Waals surface area contributed by atoms with Gasteiger partial charge in [0.05, 0.1) is 11.1 Å². The van der Waals surface area contributed by atoms with Crippen LogP contribution in [-0.4, -0.2) is 5.78 Å². The number of hydrogen-bond acceptors (Lipinski definition) is 2. The second-order valence-electron chi connectivity index (χ2n) is 4.10. The normalized spacial score (nSPS) is 11.7. The Kier molecular flexibility index (Phi) is 4.53. The smallest absolute Gasteiger partial charge is 0.185 e. The minimum atomic E-state index is -0.967. The molecule has 0 saturated heterocycles. The van der Waals surface area contributed by atoms with E-state index in [1.807, 2.05) is 6.07 Å². The van der Waals surface area contributed by atoms with Crippen LogP contribution in [0.25, 0.3) is 0 Å². The summed E-state index contributed by atoms with van der Waals surface area (Å²) < 4.78 is 13.8. The van der Waals surface area contributed by atoms with Crippen molar-refractivity contribution in [3.8, 4) is 6.07 Å². The van der Waals surface area contributed by atoms with Gasteiger partial charge in [-0.3, -0.25) is 4.79 Å². The Labute approximate surface area is 128 Å². The lowest BCUT2D eigenvalue weighted by molar-refractivity contribution is 0.0979. The molecule has 0 fully saturated rings. The lowest BCUT2D eigenvalue weighted by Gasteiger charge is -2.10. The molecular formula is C15H8BrClFNO. The first-order valence-corrected chi connectivity index (χ1v) is 6.84. The van der Waals surface area contributed by atoms with Crippen LogP contribution in [0.4, 0.5) is 4.39 Å². The molecule has 1 unspecified atom stereocenters. The molecule has 20 heavy (non-hydrogen) atoms. The van der Waals surface area contributed by atoms with Crippen molar-refractivity contribution >= 4 is 33.3 Å². The number of Topliss-reactive ketones (excluding diaryl/α,β-unsaturated/α-hetero) is 1. The van der Waals surface area contributed by atoms with E-state index in [2.05, 4.69) is 15.9 Å². The summed E-state index contributed by atoms with van der Waals surface area (Å²) in [5.41, 5.74) is 0.712. The minimum Gasteiger partial charge on any atom is -0.292 e. The number of rotatable bonds is 3. The van der Waals surface area contributed by atoms with E-state index in [9.17, 15) is 14.4 Å². The number of carbonyl (C=O) groups is 1. The SMILES string of the molecule is N#CC(C(=O)c1ccc(F)cc1Cl)c1ccc(Br)cc1. The summed E-state index contributed by atoms with van der Waals surface area (Å²) >= 11 is 9.15. The summed E-state index contributed by atoms with van der Waals surface area (Å²) in [5.74, 6) is -1.94. The van der Waals surface area contributed by atoms with E-state index in [-0.39, 0.29) is 10.6 Å². The lowest BCUT2D eigenvalue weighted by Crippen LogP contribution is -2.12. The molecule has 0 saturated carbocycles. The maximum absolute atomic E-state index is 13.0. The first-order valence-electron chi connectivity index (χ1n) is 5.67. The molecule has 2 aromatic rings. The molecule has 0 bridgehead atoms. The fraction of sp³-hybridized carbons (Fsp3) is 0.0667. The van der Waals surface area contributed by atoms with E-state index in [0.29, 0.717) is 5.56 Å². The van der Waals surface area contributed by atoms with Gasteiger partial charge < -0.3 is 0 Å². The highest BCUT2D eigenvalue weighted by Gasteiger charge is 2.23. The van der Waals surface area contributed by atoms with Gasteiger partial charge in [-0.05, 0) is 35.9 Å². The van der Waals surface area contributed by atoms with Gasteiger partial charge in [0.1, 0.15) is 11.7 Å². The van der Waals surface area contributed by atoms with E-state index in [1.54, 1.807) is 24.3 Å². The van der Waals surface area contributed by atoms with Crippen molar-refractivity contribution in [3.05, 3.63) is 68.9 Å². The molecule has 2 aromatic carbocycles. The Bertz CT molecular complexity index is 694. The van der Waals surface area contributed by atoms with Crippen molar-refractivity contribution in [2.75, 3.05) is 0 Å². The molecular weight excluding hydrogens is 345 g/mol. The molecule has 0 radical (unpaired) electrons. The summed E-state index contributed by atoms with van der Waals surface area (Å²) in [5, 5.41) is 9.23. The number of hydrogen-bond donors (Lipinski definition) is 0. The van der Waals surface area contributed by atoms with Gasteiger partial charge >= 0.3 is 0 Å². The molecule has 0 aliphatic heterocycles. The number of halogens is 3. The average molecular weight is 353 g/mol. The molecule has 100 valence electrons. The monoisotopic (exact) mass is 351 g/mol. The third-order valence-corrected chi connectivity index (χ3v) is 3.63. The van der Waals surface area contributed by atoms with Crippen LogP contribution < -0.4 is 0 Å². The van der Waals surface area contributed by atoms with Crippen LogP contribution in [0.3, 0.4) is 0 Å². The zero-order valence-electron chi connectivity index (χ0n) is 10.1. The van der Waals surface area contributed by atoms with E-state index in [0.717, 1.165) is 16.6 Å². The topological polar surface area (TPSA) is 40.9 Å². The van der Waals surface area contributed by atoms with Crippen LogP contribution in [-0.2, 0) is 0 Å². The van der Waals surface area contributed by atoms with E-state index in [1.165, 1.54) is 6.07 Å². The van der Waals surface area contributed by atoms with Gasteiger partial charge in [0.15, 0.2) is 5.78 Å². The number of ketones is 1. The molecule has 0 aliphatic rings. The second-order valence-corrected chi connectivity index (χ2v) is 5.42. The fourth-order valence-corrected chi connectivity index (χ4v) is 2.31. The Hall–Kier alpha value is -1.70. The van der Waals surface area contributed by atoms with Crippen molar-refractivity contribution in [1.82, 2.24) is 0 Å². The zero-order chi connectivity index (χ0) is 14.7. The Morgan fingerprint density at radius 3 is 2.45 bits per heavy atom. The third-order valence-electron chi connectivity index (χ3n) is 2.79. The standard InChI is InChI=1S/C15H8BrClFNO/c16-10-3-1-9(2-4-10)13(8-19)15(20)12-6-5-11(18)7-14(12)17/h1-7,13H. The average Bonchev–Trinajstić information content (AvgIpc) is 2.41. The van der Waals surface area contributed by atoms with Gasteiger partial charge in [-0.1, -0.05) is 39.7 Å². The number of benzene rings is 2. The highest BCUT2D eigenvalue weighted by molar-refractivity contribution is 9.10. The Morgan fingerprint density at radius 2 is 1.90 bits per heavy atom. The first kappa shape index (κ1) is 14.7. The fourth-order valence-electron chi connectivity index (χ4n) is 1.78. The summed E-state index contributed by atoms with van der Waals surface area (Å²) in [6, 6.07) is 12.3. The zero-order valence-corrected chi connectivity index (χ0v) is 12.5. The highest BCUT2D eigenvalue weighted by atomic mass is 79.9. The van der Waals surface area contributed by atoms with Gasteiger partial charge in [-0.25, -0.2) is 4.39 Å². The number of nitriles is 1. The molecule has 2 rings (SSSR count). The second kappa shape index (κ2) is 6.17. The van der Waals surface area contributed by atoms with Crippen molar-refractivity contribution in [1.29, 1.82) is 5.26 Å². The molecule has 0 heterocycles.